The molecule has 3 N–H and O–H groups in total. The fraction of sp³-hybridized carbons (Fsp3) is 0.250. The lowest BCUT2D eigenvalue weighted by atomic mass is 10.4. The molecule has 7 nitrogen and oxygen atoms in total. The van der Waals surface area contributed by atoms with Gasteiger partial charge in [-0.25, -0.2) is 0 Å². The maximum Gasteiger partial charge on any atom is 0.251 e. The predicted octanol–water partition coefficient (Wildman–Crippen LogP) is 0.111. The van der Waals surface area contributed by atoms with Gasteiger partial charge in [0.1, 0.15) is 6.54 Å². The normalized spacial score (nSPS) is 10.4. The number of carbonyl (C=O) groups is 1. The monoisotopic (exact) mass is 261 g/mol. The van der Waals surface area contributed by atoms with Gasteiger partial charge in [0, 0.05) is 31.2 Å². The highest BCUT2D eigenvalue weighted by molar-refractivity contribution is 5.90. The van der Waals surface area contributed by atoms with Crippen LogP contribution in [-0.4, -0.2) is 20.3 Å². The van der Waals surface area contributed by atoms with E-state index in [4.69, 9.17) is 5.73 Å². The van der Waals surface area contributed by atoms with E-state index in [1.54, 1.807) is 24.9 Å². The standard InChI is InChI=1S/C12H15N5O2/c1-8-10(6-16(2)15-8)14-11(18)7-17-5-9(13)3-4-12(17)19/h3-6H,7,13H2,1-2H3,(H,14,18). The van der Waals surface area contributed by atoms with Crippen molar-refractivity contribution in [3.05, 3.63) is 40.6 Å². The maximum atomic E-state index is 11.9. The first-order valence-electron chi connectivity index (χ1n) is 5.72. The van der Waals surface area contributed by atoms with Gasteiger partial charge in [-0.3, -0.25) is 14.3 Å². The summed E-state index contributed by atoms with van der Waals surface area (Å²) in [6, 6.07) is 2.83. The Balaban J connectivity index is 2.11. The van der Waals surface area contributed by atoms with Crippen LogP contribution < -0.4 is 16.6 Å². The maximum absolute atomic E-state index is 11.9. The van der Waals surface area contributed by atoms with Crippen molar-refractivity contribution < 1.29 is 4.79 Å². The van der Waals surface area contributed by atoms with E-state index in [0.717, 1.165) is 5.69 Å². The summed E-state index contributed by atoms with van der Waals surface area (Å²) in [6.45, 7) is 1.71. The molecule has 0 saturated heterocycles. The van der Waals surface area contributed by atoms with E-state index in [1.807, 2.05) is 0 Å². The summed E-state index contributed by atoms with van der Waals surface area (Å²) in [5, 5.41) is 6.82. The SMILES string of the molecule is Cc1nn(C)cc1NC(=O)Cn1cc(N)ccc1=O. The number of aryl methyl sites for hydroxylation is 2. The third kappa shape index (κ3) is 3.01. The lowest BCUT2D eigenvalue weighted by Crippen LogP contribution is -2.27. The molecule has 2 rings (SSSR count). The van der Waals surface area contributed by atoms with Crippen molar-refractivity contribution in [3.63, 3.8) is 0 Å². The number of hydrogen-bond acceptors (Lipinski definition) is 4. The van der Waals surface area contributed by atoms with Crippen molar-refractivity contribution >= 4 is 17.3 Å². The molecule has 0 aliphatic carbocycles. The first-order valence-corrected chi connectivity index (χ1v) is 5.72. The third-order valence-corrected chi connectivity index (χ3v) is 2.61. The van der Waals surface area contributed by atoms with Crippen LogP contribution in [-0.2, 0) is 18.4 Å². The molecule has 100 valence electrons. The zero-order valence-electron chi connectivity index (χ0n) is 10.8. The number of rotatable bonds is 3. The molecule has 0 bridgehead atoms. The summed E-state index contributed by atoms with van der Waals surface area (Å²) >= 11 is 0. The lowest BCUT2D eigenvalue weighted by molar-refractivity contribution is -0.116. The molecule has 0 radical (unpaired) electrons. The summed E-state index contributed by atoms with van der Waals surface area (Å²) in [5.41, 5.74) is 7.09. The molecule has 0 aliphatic rings. The number of anilines is 2. The summed E-state index contributed by atoms with van der Waals surface area (Å²) < 4.78 is 2.87. The van der Waals surface area contributed by atoms with Crippen LogP contribution in [0.5, 0.6) is 0 Å². The number of nitrogens with two attached hydrogens (primary N) is 1. The van der Waals surface area contributed by atoms with E-state index >= 15 is 0 Å². The zero-order chi connectivity index (χ0) is 14.0. The minimum atomic E-state index is -0.302. The van der Waals surface area contributed by atoms with Crippen LogP contribution in [0.25, 0.3) is 0 Å². The number of nitrogens with one attached hydrogen (secondary N) is 1. The fourth-order valence-electron chi connectivity index (χ4n) is 1.74. The number of nitrogens with zero attached hydrogens (tertiary/aromatic N) is 3. The molecule has 2 aromatic rings. The van der Waals surface area contributed by atoms with Gasteiger partial charge in [0.25, 0.3) is 5.56 Å². The van der Waals surface area contributed by atoms with Crippen molar-refractivity contribution in [1.29, 1.82) is 0 Å². The number of hydrogen-bond donors (Lipinski definition) is 2. The van der Waals surface area contributed by atoms with Crippen molar-refractivity contribution in [2.75, 3.05) is 11.1 Å². The summed E-state index contributed by atoms with van der Waals surface area (Å²) in [6.07, 6.45) is 3.15. The lowest BCUT2D eigenvalue weighted by Gasteiger charge is -2.06. The molecular formula is C12H15N5O2. The smallest absolute Gasteiger partial charge is 0.251 e. The second-order valence-electron chi connectivity index (χ2n) is 4.28. The molecule has 0 aromatic carbocycles. The molecule has 19 heavy (non-hydrogen) atoms. The highest BCUT2D eigenvalue weighted by Gasteiger charge is 2.09. The molecule has 0 atom stereocenters. The number of aromatic nitrogens is 3. The van der Waals surface area contributed by atoms with Crippen LogP contribution in [0.4, 0.5) is 11.4 Å². The molecule has 0 fully saturated rings. The number of carbonyl (C=O) groups excluding carboxylic acids is 1. The Morgan fingerprint density at radius 2 is 2.16 bits per heavy atom. The molecule has 2 aromatic heterocycles. The van der Waals surface area contributed by atoms with Crippen molar-refractivity contribution in [2.24, 2.45) is 7.05 Å². The highest BCUT2D eigenvalue weighted by Crippen LogP contribution is 2.11. The number of amides is 1. The van der Waals surface area contributed by atoms with Crippen LogP contribution in [0.2, 0.25) is 0 Å². The van der Waals surface area contributed by atoms with Gasteiger partial charge in [0.2, 0.25) is 5.91 Å². The summed E-state index contributed by atoms with van der Waals surface area (Å²) in [7, 11) is 1.77. The van der Waals surface area contributed by atoms with Gasteiger partial charge in [0.05, 0.1) is 11.4 Å². The molecule has 0 unspecified atom stereocenters. The molecule has 7 heteroatoms. The molecule has 0 spiro atoms. The van der Waals surface area contributed by atoms with E-state index in [1.165, 1.54) is 22.9 Å². The van der Waals surface area contributed by atoms with Crippen LogP contribution >= 0.6 is 0 Å². The van der Waals surface area contributed by atoms with Crippen LogP contribution in [0.3, 0.4) is 0 Å². The topological polar surface area (TPSA) is 94.9 Å². The van der Waals surface area contributed by atoms with E-state index in [-0.39, 0.29) is 18.0 Å². The minimum absolute atomic E-state index is 0.0851. The van der Waals surface area contributed by atoms with Crippen LogP contribution in [0.15, 0.2) is 29.3 Å². The Hall–Kier alpha value is -2.57. The first kappa shape index (κ1) is 12.9. The van der Waals surface area contributed by atoms with Crippen molar-refractivity contribution in [3.8, 4) is 0 Å². The molecule has 0 saturated carbocycles. The summed E-state index contributed by atoms with van der Waals surface area (Å²) in [4.78, 5) is 23.4. The number of nitrogen functional groups attached to an aromatic ring is 1. The second kappa shape index (κ2) is 4.97. The Morgan fingerprint density at radius 3 is 2.79 bits per heavy atom. The van der Waals surface area contributed by atoms with Crippen LogP contribution in [0, 0.1) is 6.92 Å². The Bertz CT molecular complexity index is 671. The van der Waals surface area contributed by atoms with E-state index < -0.39 is 0 Å². The third-order valence-electron chi connectivity index (χ3n) is 2.61. The average molecular weight is 261 g/mol. The predicted molar refractivity (Wildman–Crippen MR) is 71.7 cm³/mol. The number of pyridine rings is 1. The fourth-order valence-corrected chi connectivity index (χ4v) is 1.74. The molecule has 1 amide bonds. The van der Waals surface area contributed by atoms with E-state index in [2.05, 4.69) is 10.4 Å². The van der Waals surface area contributed by atoms with E-state index in [9.17, 15) is 9.59 Å². The molecular weight excluding hydrogens is 246 g/mol. The summed E-state index contributed by atoms with van der Waals surface area (Å²) in [5.74, 6) is -0.302. The quantitative estimate of drug-likeness (QED) is 0.819. The van der Waals surface area contributed by atoms with Gasteiger partial charge < -0.3 is 15.6 Å². The first-order chi connectivity index (χ1) is 8.95. The van der Waals surface area contributed by atoms with E-state index in [0.29, 0.717) is 11.4 Å². The van der Waals surface area contributed by atoms with Gasteiger partial charge in [-0.15, -0.1) is 0 Å². The minimum Gasteiger partial charge on any atom is -0.398 e. The molecule has 0 aliphatic heterocycles. The highest BCUT2D eigenvalue weighted by atomic mass is 16.2. The van der Waals surface area contributed by atoms with Gasteiger partial charge in [-0.05, 0) is 13.0 Å². The Labute approximate surface area is 109 Å². The Morgan fingerprint density at radius 1 is 1.42 bits per heavy atom. The Kier molecular flexibility index (Phi) is 3.37. The van der Waals surface area contributed by atoms with Gasteiger partial charge >= 0.3 is 0 Å². The average Bonchev–Trinajstić information content (AvgIpc) is 2.62. The largest absolute Gasteiger partial charge is 0.398 e. The molecule has 2 heterocycles. The van der Waals surface area contributed by atoms with Gasteiger partial charge in [-0.2, -0.15) is 5.10 Å². The van der Waals surface area contributed by atoms with Crippen molar-refractivity contribution in [2.45, 2.75) is 13.5 Å². The van der Waals surface area contributed by atoms with Crippen LogP contribution in [0.1, 0.15) is 5.69 Å². The van der Waals surface area contributed by atoms with Gasteiger partial charge in [-0.1, -0.05) is 0 Å². The van der Waals surface area contributed by atoms with Gasteiger partial charge in [0.15, 0.2) is 0 Å². The second-order valence-corrected chi connectivity index (χ2v) is 4.28. The van der Waals surface area contributed by atoms with Crippen molar-refractivity contribution in [1.82, 2.24) is 14.3 Å². The zero-order valence-corrected chi connectivity index (χ0v) is 10.8.